The summed E-state index contributed by atoms with van der Waals surface area (Å²) in [5.74, 6) is 0.220. The summed E-state index contributed by atoms with van der Waals surface area (Å²) >= 11 is 0. The molecule has 1 atom stereocenters. The van der Waals surface area contributed by atoms with E-state index in [1.807, 2.05) is 12.3 Å². The van der Waals surface area contributed by atoms with E-state index in [4.69, 9.17) is 0 Å². The van der Waals surface area contributed by atoms with Gasteiger partial charge in [-0.05, 0) is 45.7 Å². The van der Waals surface area contributed by atoms with Gasteiger partial charge in [0.05, 0.1) is 0 Å². The van der Waals surface area contributed by atoms with Crippen molar-refractivity contribution >= 4 is 11.6 Å². The lowest BCUT2D eigenvalue weighted by molar-refractivity contribution is 0.0692. The minimum Gasteiger partial charge on any atom is -0.336 e. The van der Waals surface area contributed by atoms with Gasteiger partial charge in [0.25, 0.3) is 5.91 Å². The summed E-state index contributed by atoms with van der Waals surface area (Å²) in [5.41, 5.74) is 1.07. The summed E-state index contributed by atoms with van der Waals surface area (Å²) < 4.78 is 18.4. The molecule has 4 rings (SSSR count). The normalized spacial score (nSPS) is 17.8. The number of hydrogen-bond donors (Lipinski definition) is 0. The van der Waals surface area contributed by atoms with Gasteiger partial charge in [-0.15, -0.1) is 0 Å². The molecular weight excluding hydrogens is 345 g/mol. The predicted octanol–water partition coefficient (Wildman–Crippen LogP) is 3.58. The van der Waals surface area contributed by atoms with Crippen LogP contribution in [-0.4, -0.2) is 42.8 Å². The standard InChI is InChI=1S/C20H24FN5O/c1-13(2)25-11-9-22-19(25)15-7-5-10-24(12-15)20(27)17-18(21)26-14(3)6-4-8-16(26)23-17/h4,6,8-9,11,13,15H,5,7,10,12H2,1-3H3/t15-/m0/s1. The zero-order valence-corrected chi connectivity index (χ0v) is 15.9. The molecule has 1 amide bonds. The van der Waals surface area contributed by atoms with E-state index in [1.54, 1.807) is 30.2 Å². The first-order valence-electron chi connectivity index (χ1n) is 9.43. The molecule has 142 valence electrons. The van der Waals surface area contributed by atoms with Crippen molar-refractivity contribution in [3.63, 3.8) is 0 Å². The molecule has 7 heteroatoms. The van der Waals surface area contributed by atoms with Crippen LogP contribution >= 0.6 is 0 Å². The molecule has 1 aliphatic rings. The smallest absolute Gasteiger partial charge is 0.277 e. The van der Waals surface area contributed by atoms with Crippen molar-refractivity contribution in [2.24, 2.45) is 0 Å². The summed E-state index contributed by atoms with van der Waals surface area (Å²) in [4.78, 5) is 23.5. The molecule has 1 aliphatic heterocycles. The quantitative estimate of drug-likeness (QED) is 0.709. The number of fused-ring (bicyclic) bond motifs is 1. The van der Waals surface area contributed by atoms with Crippen LogP contribution in [0.15, 0.2) is 30.6 Å². The number of nitrogens with zero attached hydrogens (tertiary/aromatic N) is 5. The zero-order chi connectivity index (χ0) is 19.1. The molecule has 3 aromatic rings. The Kier molecular flexibility index (Phi) is 4.45. The fourth-order valence-corrected chi connectivity index (χ4v) is 3.95. The number of likely N-dealkylation sites (tertiary alicyclic amines) is 1. The van der Waals surface area contributed by atoms with Crippen LogP contribution in [0.3, 0.4) is 0 Å². The SMILES string of the molecule is Cc1cccc2nc(C(=O)N3CCC[C@H](c4nccn4C(C)C)C3)c(F)n12. The highest BCUT2D eigenvalue weighted by molar-refractivity contribution is 5.93. The first-order valence-corrected chi connectivity index (χ1v) is 9.43. The Morgan fingerprint density at radius 3 is 2.89 bits per heavy atom. The van der Waals surface area contributed by atoms with Crippen LogP contribution in [-0.2, 0) is 0 Å². The fourth-order valence-electron chi connectivity index (χ4n) is 3.95. The highest BCUT2D eigenvalue weighted by atomic mass is 19.1. The van der Waals surface area contributed by atoms with Crippen LogP contribution in [0.4, 0.5) is 4.39 Å². The van der Waals surface area contributed by atoms with Crippen LogP contribution in [0, 0.1) is 12.9 Å². The van der Waals surface area contributed by atoms with E-state index in [0.29, 0.717) is 30.5 Å². The van der Waals surface area contributed by atoms with E-state index in [1.165, 1.54) is 4.40 Å². The largest absolute Gasteiger partial charge is 0.336 e. The second-order valence-corrected chi connectivity index (χ2v) is 7.49. The van der Waals surface area contributed by atoms with Crippen molar-refractivity contribution in [2.45, 2.75) is 45.6 Å². The van der Waals surface area contributed by atoms with Gasteiger partial charge in [0.2, 0.25) is 5.95 Å². The number of halogens is 1. The summed E-state index contributed by atoms with van der Waals surface area (Å²) in [7, 11) is 0. The molecule has 0 aromatic carbocycles. The van der Waals surface area contributed by atoms with Gasteiger partial charge >= 0.3 is 0 Å². The molecule has 1 fully saturated rings. The minimum atomic E-state index is -0.584. The number of imidazole rings is 2. The maximum atomic E-state index is 14.9. The molecule has 3 aromatic heterocycles. The second-order valence-electron chi connectivity index (χ2n) is 7.49. The van der Waals surface area contributed by atoms with Gasteiger partial charge in [-0.1, -0.05) is 6.07 Å². The molecule has 0 bridgehead atoms. The highest BCUT2D eigenvalue weighted by Gasteiger charge is 2.31. The second kappa shape index (κ2) is 6.79. The number of amides is 1. The van der Waals surface area contributed by atoms with E-state index < -0.39 is 5.95 Å². The fraction of sp³-hybridized carbons (Fsp3) is 0.450. The lowest BCUT2D eigenvalue weighted by atomic mass is 9.96. The summed E-state index contributed by atoms with van der Waals surface area (Å²) in [5, 5.41) is 0. The first kappa shape index (κ1) is 17.7. The van der Waals surface area contributed by atoms with Gasteiger partial charge in [0.1, 0.15) is 11.5 Å². The highest BCUT2D eigenvalue weighted by Crippen LogP contribution is 2.28. The maximum absolute atomic E-state index is 14.9. The van der Waals surface area contributed by atoms with Crippen LogP contribution < -0.4 is 0 Å². The van der Waals surface area contributed by atoms with Gasteiger partial charge in [0, 0.05) is 43.1 Å². The summed E-state index contributed by atoms with van der Waals surface area (Å²) in [6.45, 7) is 7.18. The Morgan fingerprint density at radius 1 is 1.33 bits per heavy atom. The third-order valence-electron chi connectivity index (χ3n) is 5.31. The molecule has 0 unspecified atom stereocenters. The lowest BCUT2D eigenvalue weighted by Gasteiger charge is -2.32. The van der Waals surface area contributed by atoms with Gasteiger partial charge in [0.15, 0.2) is 5.69 Å². The lowest BCUT2D eigenvalue weighted by Crippen LogP contribution is -2.40. The average molecular weight is 369 g/mol. The Morgan fingerprint density at radius 2 is 2.15 bits per heavy atom. The summed E-state index contributed by atoms with van der Waals surface area (Å²) in [6, 6.07) is 5.64. The molecule has 0 aliphatic carbocycles. The summed E-state index contributed by atoms with van der Waals surface area (Å²) in [6.07, 6.45) is 5.63. The molecular formula is C20H24FN5O. The van der Waals surface area contributed by atoms with Crippen molar-refractivity contribution in [2.75, 3.05) is 13.1 Å². The van der Waals surface area contributed by atoms with Gasteiger partial charge in [-0.2, -0.15) is 4.39 Å². The van der Waals surface area contributed by atoms with Gasteiger partial charge in [-0.3, -0.25) is 9.20 Å². The Balaban J connectivity index is 1.62. The van der Waals surface area contributed by atoms with Crippen molar-refractivity contribution in [3.8, 4) is 0 Å². The van der Waals surface area contributed by atoms with Crippen LogP contribution in [0.5, 0.6) is 0 Å². The molecule has 6 nitrogen and oxygen atoms in total. The number of carbonyl (C=O) groups is 1. The van der Waals surface area contributed by atoms with Crippen LogP contribution in [0.1, 0.15) is 60.7 Å². The number of aromatic nitrogens is 4. The molecule has 4 heterocycles. The van der Waals surface area contributed by atoms with Crippen molar-refractivity contribution in [1.82, 2.24) is 23.8 Å². The number of hydrogen-bond acceptors (Lipinski definition) is 3. The maximum Gasteiger partial charge on any atom is 0.277 e. The molecule has 0 N–H and O–H groups in total. The monoisotopic (exact) mass is 369 g/mol. The number of carbonyl (C=O) groups excluding carboxylic acids is 1. The molecule has 0 radical (unpaired) electrons. The average Bonchev–Trinajstić information content (AvgIpc) is 3.27. The van der Waals surface area contributed by atoms with E-state index >= 15 is 0 Å². The van der Waals surface area contributed by atoms with Gasteiger partial charge in [-0.25, -0.2) is 9.97 Å². The van der Waals surface area contributed by atoms with Crippen LogP contribution in [0.25, 0.3) is 5.65 Å². The van der Waals surface area contributed by atoms with Crippen molar-refractivity contribution in [3.05, 3.63) is 53.8 Å². The number of rotatable bonds is 3. The molecule has 1 saturated heterocycles. The van der Waals surface area contributed by atoms with Gasteiger partial charge < -0.3 is 9.47 Å². The Labute approximate surface area is 157 Å². The molecule has 0 saturated carbocycles. The molecule has 27 heavy (non-hydrogen) atoms. The third-order valence-corrected chi connectivity index (χ3v) is 5.31. The molecule has 0 spiro atoms. The van der Waals surface area contributed by atoms with Crippen LogP contribution in [0.2, 0.25) is 0 Å². The number of piperidine rings is 1. The van der Waals surface area contributed by atoms with E-state index in [-0.39, 0.29) is 17.5 Å². The predicted molar refractivity (Wildman–Crippen MR) is 100 cm³/mol. The van der Waals surface area contributed by atoms with E-state index in [0.717, 1.165) is 18.7 Å². The Hall–Kier alpha value is -2.70. The third kappa shape index (κ3) is 3.01. The van der Waals surface area contributed by atoms with Crippen molar-refractivity contribution in [1.29, 1.82) is 0 Å². The first-order chi connectivity index (χ1) is 13.0. The Bertz CT molecular complexity index is 990. The number of aryl methyl sites for hydroxylation is 1. The number of pyridine rings is 1. The minimum absolute atomic E-state index is 0.0999. The zero-order valence-electron chi connectivity index (χ0n) is 15.9. The van der Waals surface area contributed by atoms with Crippen molar-refractivity contribution < 1.29 is 9.18 Å². The topological polar surface area (TPSA) is 55.4 Å². The van der Waals surface area contributed by atoms with E-state index in [2.05, 4.69) is 28.4 Å². The van der Waals surface area contributed by atoms with E-state index in [9.17, 15) is 9.18 Å².